The summed E-state index contributed by atoms with van der Waals surface area (Å²) < 4.78 is 0. The maximum absolute atomic E-state index is 6.22. The third-order valence-electron chi connectivity index (χ3n) is 3.22. The zero-order chi connectivity index (χ0) is 11.2. The fourth-order valence-corrected chi connectivity index (χ4v) is 2.60. The van der Waals surface area contributed by atoms with Crippen molar-refractivity contribution in [3.8, 4) is 0 Å². The summed E-state index contributed by atoms with van der Waals surface area (Å²) in [6.45, 7) is 0. The van der Waals surface area contributed by atoms with Gasteiger partial charge in [-0.3, -0.25) is 0 Å². The summed E-state index contributed by atoms with van der Waals surface area (Å²) in [5, 5.41) is 0.272. The lowest BCUT2D eigenvalue weighted by Crippen LogP contribution is -1.93. The molecule has 0 aromatic heterocycles. The molecule has 0 saturated carbocycles. The zero-order valence-corrected chi connectivity index (χ0v) is 10.4. The van der Waals surface area contributed by atoms with Gasteiger partial charge in [-0.2, -0.15) is 0 Å². The van der Waals surface area contributed by atoms with Gasteiger partial charge in [0.1, 0.15) is 0 Å². The van der Waals surface area contributed by atoms with E-state index in [-0.39, 0.29) is 5.38 Å². The van der Waals surface area contributed by atoms with Gasteiger partial charge in [0.05, 0.1) is 5.38 Å². The van der Waals surface area contributed by atoms with E-state index in [1.807, 2.05) is 0 Å². The number of alkyl halides is 1. The van der Waals surface area contributed by atoms with Crippen molar-refractivity contribution in [2.24, 2.45) is 0 Å². The van der Waals surface area contributed by atoms with E-state index in [1.165, 1.54) is 31.2 Å². The van der Waals surface area contributed by atoms with Gasteiger partial charge in [-0.1, -0.05) is 48.4 Å². The van der Waals surface area contributed by atoms with Crippen LogP contribution in [0.4, 0.5) is 0 Å². The van der Waals surface area contributed by atoms with Crippen LogP contribution in [-0.2, 0) is 6.42 Å². The monoisotopic (exact) mass is 234 g/mol. The second kappa shape index (κ2) is 6.10. The Balaban J connectivity index is 1.89. The first-order chi connectivity index (χ1) is 7.84. The van der Waals surface area contributed by atoms with Crippen molar-refractivity contribution >= 4 is 11.6 Å². The molecule has 0 heterocycles. The number of rotatable bonds is 3. The predicted molar refractivity (Wildman–Crippen MR) is 71.0 cm³/mol. The van der Waals surface area contributed by atoms with Crippen LogP contribution in [0.5, 0.6) is 0 Å². The highest BCUT2D eigenvalue weighted by molar-refractivity contribution is 6.21. The number of benzene rings is 1. The average Bonchev–Trinajstić information content (AvgIpc) is 2.52. The third kappa shape index (κ3) is 3.68. The molecule has 0 amide bonds. The standard InChI is InChI=1S/C15H19Cl/c16-15-9-5-4-8-14(12-15)11-10-13-6-2-1-3-7-13/h1-3,6-7,12,15H,4-5,8-11H2. The van der Waals surface area contributed by atoms with Crippen LogP contribution in [0.15, 0.2) is 42.0 Å². The summed E-state index contributed by atoms with van der Waals surface area (Å²) in [5.74, 6) is 0. The van der Waals surface area contributed by atoms with E-state index in [0.717, 1.165) is 12.8 Å². The molecule has 0 radical (unpaired) electrons. The molecule has 86 valence electrons. The van der Waals surface area contributed by atoms with Crippen molar-refractivity contribution in [2.45, 2.75) is 43.9 Å². The Morgan fingerprint density at radius 2 is 1.88 bits per heavy atom. The van der Waals surface area contributed by atoms with E-state index in [2.05, 4.69) is 36.4 Å². The van der Waals surface area contributed by atoms with Crippen molar-refractivity contribution in [3.05, 3.63) is 47.5 Å². The predicted octanol–water partition coefficient (Wildman–Crippen LogP) is 4.73. The van der Waals surface area contributed by atoms with Crippen molar-refractivity contribution in [3.63, 3.8) is 0 Å². The Morgan fingerprint density at radius 1 is 1.06 bits per heavy atom. The minimum atomic E-state index is 0.272. The largest absolute Gasteiger partial charge is 0.118 e. The first kappa shape index (κ1) is 11.7. The van der Waals surface area contributed by atoms with Gasteiger partial charge in [-0.05, 0) is 37.7 Å². The number of aryl methyl sites for hydroxylation is 1. The molecule has 16 heavy (non-hydrogen) atoms. The summed E-state index contributed by atoms with van der Waals surface area (Å²) in [7, 11) is 0. The molecule has 0 nitrogen and oxygen atoms in total. The molecule has 2 rings (SSSR count). The summed E-state index contributed by atoms with van der Waals surface area (Å²) in [4.78, 5) is 0. The van der Waals surface area contributed by atoms with Crippen molar-refractivity contribution in [1.29, 1.82) is 0 Å². The lowest BCUT2D eigenvalue weighted by Gasteiger charge is -2.06. The van der Waals surface area contributed by atoms with Gasteiger partial charge in [0.2, 0.25) is 0 Å². The van der Waals surface area contributed by atoms with Crippen molar-refractivity contribution < 1.29 is 0 Å². The zero-order valence-electron chi connectivity index (χ0n) is 9.66. The van der Waals surface area contributed by atoms with Crippen LogP contribution in [0.1, 0.15) is 37.7 Å². The van der Waals surface area contributed by atoms with Gasteiger partial charge in [0.15, 0.2) is 0 Å². The van der Waals surface area contributed by atoms with Crippen molar-refractivity contribution in [1.82, 2.24) is 0 Å². The van der Waals surface area contributed by atoms with Crippen LogP contribution in [0.2, 0.25) is 0 Å². The smallest absolute Gasteiger partial charge is 0.0518 e. The van der Waals surface area contributed by atoms with Crippen LogP contribution in [-0.4, -0.2) is 5.38 Å². The molecule has 1 aromatic carbocycles. The Labute approximate surface area is 103 Å². The number of halogens is 1. The third-order valence-corrected chi connectivity index (χ3v) is 3.57. The molecule has 1 unspecified atom stereocenters. The van der Waals surface area contributed by atoms with E-state index in [0.29, 0.717) is 0 Å². The van der Waals surface area contributed by atoms with Gasteiger partial charge in [0.25, 0.3) is 0 Å². The van der Waals surface area contributed by atoms with Crippen molar-refractivity contribution in [2.75, 3.05) is 0 Å². The summed E-state index contributed by atoms with van der Waals surface area (Å²) in [5.41, 5.74) is 2.99. The van der Waals surface area contributed by atoms with Crippen LogP contribution in [0.25, 0.3) is 0 Å². The Bertz CT molecular complexity index is 340. The highest BCUT2D eigenvalue weighted by Crippen LogP contribution is 2.24. The maximum atomic E-state index is 6.22. The normalized spacial score (nSPS) is 21.3. The highest BCUT2D eigenvalue weighted by Gasteiger charge is 2.09. The number of hydrogen-bond donors (Lipinski definition) is 0. The van der Waals surface area contributed by atoms with Gasteiger partial charge in [-0.25, -0.2) is 0 Å². The maximum Gasteiger partial charge on any atom is 0.0518 e. The molecule has 0 fully saturated rings. The first-order valence-electron chi connectivity index (χ1n) is 6.22. The Hall–Kier alpha value is -0.750. The van der Waals surface area contributed by atoms with Gasteiger partial charge < -0.3 is 0 Å². The molecule has 1 heteroatoms. The first-order valence-corrected chi connectivity index (χ1v) is 6.66. The van der Waals surface area contributed by atoms with Gasteiger partial charge in [0, 0.05) is 0 Å². The molecular weight excluding hydrogens is 216 g/mol. The second-order valence-corrected chi connectivity index (χ2v) is 5.13. The van der Waals surface area contributed by atoms with E-state index < -0.39 is 0 Å². The highest BCUT2D eigenvalue weighted by atomic mass is 35.5. The molecular formula is C15H19Cl. The number of hydrogen-bond acceptors (Lipinski definition) is 0. The molecule has 1 aromatic rings. The minimum absolute atomic E-state index is 0.272. The SMILES string of the molecule is ClC1C=C(CCc2ccccc2)CCCC1. The lowest BCUT2D eigenvalue weighted by molar-refractivity contribution is 0.704. The van der Waals surface area contributed by atoms with E-state index in [4.69, 9.17) is 11.6 Å². The fourth-order valence-electron chi connectivity index (χ4n) is 2.27. The quantitative estimate of drug-likeness (QED) is 0.524. The average molecular weight is 235 g/mol. The summed E-state index contributed by atoms with van der Waals surface area (Å²) >= 11 is 6.22. The summed E-state index contributed by atoms with van der Waals surface area (Å²) in [6.07, 6.45) is 9.59. The lowest BCUT2D eigenvalue weighted by atomic mass is 10.0. The Morgan fingerprint density at radius 3 is 2.69 bits per heavy atom. The van der Waals surface area contributed by atoms with Crippen LogP contribution < -0.4 is 0 Å². The van der Waals surface area contributed by atoms with Crippen LogP contribution >= 0.6 is 11.6 Å². The van der Waals surface area contributed by atoms with Crippen LogP contribution in [0.3, 0.4) is 0 Å². The molecule has 0 bridgehead atoms. The topological polar surface area (TPSA) is 0 Å². The molecule has 0 saturated heterocycles. The molecule has 1 atom stereocenters. The Kier molecular flexibility index (Phi) is 4.47. The second-order valence-electron chi connectivity index (χ2n) is 4.57. The van der Waals surface area contributed by atoms with Crippen LogP contribution in [0, 0.1) is 0 Å². The van der Waals surface area contributed by atoms with Gasteiger partial charge >= 0.3 is 0 Å². The minimum Gasteiger partial charge on any atom is -0.118 e. The van der Waals surface area contributed by atoms with E-state index >= 15 is 0 Å². The number of allylic oxidation sites excluding steroid dienone is 2. The van der Waals surface area contributed by atoms with Gasteiger partial charge in [-0.15, -0.1) is 11.6 Å². The van der Waals surface area contributed by atoms with E-state index in [9.17, 15) is 0 Å². The molecule has 1 aliphatic carbocycles. The fraction of sp³-hybridized carbons (Fsp3) is 0.467. The molecule has 0 spiro atoms. The molecule has 0 aliphatic heterocycles. The summed E-state index contributed by atoms with van der Waals surface area (Å²) in [6, 6.07) is 10.7. The van der Waals surface area contributed by atoms with E-state index in [1.54, 1.807) is 5.57 Å². The molecule has 1 aliphatic rings. The molecule has 0 N–H and O–H groups in total.